The van der Waals surface area contributed by atoms with E-state index in [2.05, 4.69) is 33.9 Å². The summed E-state index contributed by atoms with van der Waals surface area (Å²) in [7, 11) is 2.06. The summed E-state index contributed by atoms with van der Waals surface area (Å²) in [5.41, 5.74) is 3.73. The minimum absolute atomic E-state index is 0.338. The van der Waals surface area contributed by atoms with Crippen LogP contribution in [0.4, 0.5) is 0 Å². The number of carboxylic acid groups (broad SMARTS) is 1. The average molecular weight is 348 g/mol. The molecule has 0 aliphatic rings. The number of aryl methyl sites for hydroxylation is 1. The molecule has 0 saturated heterocycles. The summed E-state index contributed by atoms with van der Waals surface area (Å²) in [6.07, 6.45) is 0. The van der Waals surface area contributed by atoms with Crippen LogP contribution in [0, 0.1) is 6.92 Å². The molecule has 0 saturated carbocycles. The molecule has 2 rings (SSSR count). The predicted octanol–water partition coefficient (Wildman–Crippen LogP) is 4.09. The molecule has 2 aromatic rings. The number of carbonyl (C=O) groups is 1. The lowest BCUT2D eigenvalue weighted by Crippen LogP contribution is -2.18. The Morgan fingerprint density at radius 2 is 1.81 bits per heavy atom. The number of hydrogen-bond acceptors (Lipinski definition) is 2. The molecule has 0 unspecified atom stereocenters. The second-order valence-corrected chi connectivity index (χ2v) is 6.06. The van der Waals surface area contributed by atoms with Gasteiger partial charge in [0, 0.05) is 17.6 Å². The number of aromatic carboxylic acids is 1. The van der Waals surface area contributed by atoms with Gasteiger partial charge in [-0.15, -0.1) is 0 Å². The number of rotatable bonds is 5. The van der Waals surface area contributed by atoms with Gasteiger partial charge in [0.05, 0.1) is 5.56 Å². The van der Waals surface area contributed by atoms with E-state index in [1.54, 1.807) is 12.1 Å². The van der Waals surface area contributed by atoms with Gasteiger partial charge in [0.25, 0.3) is 0 Å². The van der Waals surface area contributed by atoms with Crippen LogP contribution in [0.25, 0.3) is 0 Å². The van der Waals surface area contributed by atoms with Gasteiger partial charge in [-0.1, -0.05) is 40.2 Å². The van der Waals surface area contributed by atoms with Crippen LogP contribution in [-0.2, 0) is 13.1 Å². The maximum absolute atomic E-state index is 10.9. The van der Waals surface area contributed by atoms with E-state index in [1.807, 2.05) is 31.2 Å². The Morgan fingerprint density at radius 3 is 2.43 bits per heavy atom. The highest BCUT2D eigenvalue weighted by atomic mass is 79.9. The van der Waals surface area contributed by atoms with Gasteiger partial charge >= 0.3 is 5.97 Å². The van der Waals surface area contributed by atoms with E-state index in [1.165, 1.54) is 5.56 Å². The standard InChI is InChI=1S/C17H18BrNO2/c1-12-9-13(17(20)21)7-8-14(12)10-19(2)11-15-5-3-4-6-16(15)18/h3-9H,10-11H2,1-2H3,(H,20,21). The maximum atomic E-state index is 10.9. The van der Waals surface area contributed by atoms with E-state index in [0.717, 1.165) is 28.7 Å². The van der Waals surface area contributed by atoms with Gasteiger partial charge in [-0.25, -0.2) is 4.79 Å². The highest BCUT2D eigenvalue weighted by Crippen LogP contribution is 2.19. The van der Waals surface area contributed by atoms with Crippen LogP contribution in [0.3, 0.4) is 0 Å². The van der Waals surface area contributed by atoms with Gasteiger partial charge in [-0.3, -0.25) is 4.90 Å². The SMILES string of the molecule is Cc1cc(C(=O)O)ccc1CN(C)Cc1ccccc1Br. The van der Waals surface area contributed by atoms with Crippen molar-refractivity contribution in [2.24, 2.45) is 0 Å². The van der Waals surface area contributed by atoms with Gasteiger partial charge in [0.2, 0.25) is 0 Å². The first-order valence-electron chi connectivity index (χ1n) is 6.72. The summed E-state index contributed by atoms with van der Waals surface area (Å²) in [6, 6.07) is 13.5. The first kappa shape index (κ1) is 15.7. The minimum atomic E-state index is -0.883. The first-order chi connectivity index (χ1) is 9.97. The van der Waals surface area contributed by atoms with E-state index in [-0.39, 0.29) is 0 Å². The maximum Gasteiger partial charge on any atom is 0.335 e. The van der Waals surface area contributed by atoms with Crippen molar-refractivity contribution in [1.29, 1.82) is 0 Å². The topological polar surface area (TPSA) is 40.5 Å². The van der Waals surface area contributed by atoms with Crippen molar-refractivity contribution in [3.63, 3.8) is 0 Å². The fourth-order valence-corrected chi connectivity index (χ4v) is 2.68. The van der Waals surface area contributed by atoms with Gasteiger partial charge in [-0.2, -0.15) is 0 Å². The summed E-state index contributed by atoms with van der Waals surface area (Å²) in [6.45, 7) is 3.57. The fraction of sp³-hybridized carbons (Fsp3) is 0.235. The molecule has 0 radical (unpaired) electrons. The number of halogens is 1. The quantitative estimate of drug-likeness (QED) is 0.885. The van der Waals surface area contributed by atoms with Crippen molar-refractivity contribution in [2.75, 3.05) is 7.05 Å². The monoisotopic (exact) mass is 347 g/mol. The molecule has 4 heteroatoms. The molecule has 0 aliphatic carbocycles. The third-order valence-corrected chi connectivity index (χ3v) is 4.20. The second kappa shape index (κ2) is 6.87. The molecule has 0 aromatic heterocycles. The Kier molecular flexibility index (Phi) is 5.15. The van der Waals surface area contributed by atoms with Crippen LogP contribution in [0.5, 0.6) is 0 Å². The molecule has 110 valence electrons. The Morgan fingerprint density at radius 1 is 1.14 bits per heavy atom. The molecular formula is C17H18BrNO2. The molecule has 0 spiro atoms. The third-order valence-electron chi connectivity index (χ3n) is 3.43. The molecule has 0 bridgehead atoms. The zero-order valence-electron chi connectivity index (χ0n) is 12.1. The molecule has 0 amide bonds. The summed E-state index contributed by atoms with van der Waals surface area (Å²) in [5, 5.41) is 8.99. The summed E-state index contributed by atoms with van der Waals surface area (Å²) < 4.78 is 1.11. The highest BCUT2D eigenvalue weighted by molar-refractivity contribution is 9.10. The number of hydrogen-bond donors (Lipinski definition) is 1. The predicted molar refractivity (Wildman–Crippen MR) is 87.5 cm³/mol. The molecule has 0 atom stereocenters. The Hall–Kier alpha value is -1.65. The van der Waals surface area contributed by atoms with E-state index in [9.17, 15) is 4.79 Å². The zero-order valence-corrected chi connectivity index (χ0v) is 13.7. The lowest BCUT2D eigenvalue weighted by atomic mass is 10.0. The lowest BCUT2D eigenvalue weighted by molar-refractivity contribution is 0.0696. The lowest BCUT2D eigenvalue weighted by Gasteiger charge is -2.19. The summed E-state index contributed by atoms with van der Waals surface area (Å²) >= 11 is 3.56. The van der Waals surface area contributed by atoms with Gasteiger partial charge in [-0.05, 0) is 48.9 Å². The van der Waals surface area contributed by atoms with Crippen molar-refractivity contribution in [2.45, 2.75) is 20.0 Å². The third kappa shape index (κ3) is 4.16. The van der Waals surface area contributed by atoms with Crippen LogP contribution in [0.15, 0.2) is 46.9 Å². The average Bonchev–Trinajstić information content (AvgIpc) is 2.43. The zero-order chi connectivity index (χ0) is 15.4. The molecule has 3 nitrogen and oxygen atoms in total. The van der Waals surface area contributed by atoms with E-state index < -0.39 is 5.97 Å². The molecule has 0 aliphatic heterocycles. The Balaban J connectivity index is 2.08. The van der Waals surface area contributed by atoms with Gasteiger partial charge < -0.3 is 5.11 Å². The fourth-order valence-electron chi connectivity index (χ4n) is 2.27. The van der Waals surface area contributed by atoms with Crippen molar-refractivity contribution >= 4 is 21.9 Å². The number of benzene rings is 2. The molecular weight excluding hydrogens is 330 g/mol. The van der Waals surface area contributed by atoms with Crippen LogP contribution in [-0.4, -0.2) is 23.0 Å². The first-order valence-corrected chi connectivity index (χ1v) is 7.51. The highest BCUT2D eigenvalue weighted by Gasteiger charge is 2.09. The van der Waals surface area contributed by atoms with Gasteiger partial charge in [0.15, 0.2) is 0 Å². The van der Waals surface area contributed by atoms with Gasteiger partial charge in [0.1, 0.15) is 0 Å². The summed E-state index contributed by atoms with van der Waals surface area (Å²) in [4.78, 5) is 13.2. The normalized spacial score (nSPS) is 10.9. The smallest absolute Gasteiger partial charge is 0.335 e. The molecule has 21 heavy (non-hydrogen) atoms. The van der Waals surface area contributed by atoms with E-state index in [4.69, 9.17) is 5.11 Å². The van der Waals surface area contributed by atoms with Crippen LogP contribution in [0.1, 0.15) is 27.0 Å². The minimum Gasteiger partial charge on any atom is -0.478 e. The van der Waals surface area contributed by atoms with Crippen LogP contribution in [0.2, 0.25) is 0 Å². The second-order valence-electron chi connectivity index (χ2n) is 5.21. The van der Waals surface area contributed by atoms with Crippen molar-refractivity contribution < 1.29 is 9.90 Å². The van der Waals surface area contributed by atoms with Crippen molar-refractivity contribution in [3.05, 3.63) is 69.2 Å². The molecule has 0 heterocycles. The van der Waals surface area contributed by atoms with E-state index >= 15 is 0 Å². The number of nitrogens with zero attached hydrogens (tertiary/aromatic N) is 1. The summed E-state index contributed by atoms with van der Waals surface area (Å²) in [5.74, 6) is -0.883. The van der Waals surface area contributed by atoms with Crippen molar-refractivity contribution in [3.8, 4) is 0 Å². The largest absolute Gasteiger partial charge is 0.478 e. The van der Waals surface area contributed by atoms with Crippen LogP contribution < -0.4 is 0 Å². The molecule has 1 N–H and O–H groups in total. The Bertz CT molecular complexity index is 655. The Labute approximate surface area is 133 Å². The van der Waals surface area contributed by atoms with Crippen molar-refractivity contribution in [1.82, 2.24) is 4.90 Å². The molecule has 0 fully saturated rings. The molecule has 2 aromatic carbocycles. The van der Waals surface area contributed by atoms with E-state index in [0.29, 0.717) is 5.56 Å². The van der Waals surface area contributed by atoms with Crippen LogP contribution >= 0.6 is 15.9 Å². The number of carboxylic acids is 1.